The highest BCUT2D eigenvalue weighted by atomic mass is 32.1. The third-order valence-electron chi connectivity index (χ3n) is 3.70. The van der Waals surface area contributed by atoms with Gasteiger partial charge >= 0.3 is 5.97 Å². The summed E-state index contributed by atoms with van der Waals surface area (Å²) in [5, 5.41) is 10.00. The van der Waals surface area contributed by atoms with Gasteiger partial charge in [0.05, 0.1) is 5.00 Å². The molecule has 18 heavy (non-hydrogen) atoms. The van der Waals surface area contributed by atoms with Gasteiger partial charge < -0.3 is 14.9 Å². The van der Waals surface area contributed by atoms with Crippen LogP contribution in [0.15, 0.2) is 12.1 Å². The molecule has 0 spiro atoms. The lowest BCUT2D eigenvalue weighted by molar-refractivity contribution is 0.0702. The van der Waals surface area contributed by atoms with Crippen molar-refractivity contribution in [1.82, 2.24) is 4.90 Å². The van der Waals surface area contributed by atoms with Gasteiger partial charge in [0.1, 0.15) is 4.88 Å². The van der Waals surface area contributed by atoms with Crippen LogP contribution in [-0.2, 0) is 0 Å². The Morgan fingerprint density at radius 1 is 1.50 bits per heavy atom. The van der Waals surface area contributed by atoms with E-state index >= 15 is 0 Å². The third-order valence-corrected chi connectivity index (χ3v) is 4.87. The molecule has 2 rings (SSSR count). The van der Waals surface area contributed by atoms with E-state index in [1.807, 2.05) is 6.07 Å². The molecule has 0 aromatic carbocycles. The van der Waals surface area contributed by atoms with Gasteiger partial charge in [0.25, 0.3) is 0 Å². The molecule has 0 saturated carbocycles. The topological polar surface area (TPSA) is 43.8 Å². The van der Waals surface area contributed by atoms with Crippen LogP contribution in [0.25, 0.3) is 0 Å². The predicted octanol–water partition coefficient (Wildman–Crippen LogP) is 2.37. The van der Waals surface area contributed by atoms with Crippen molar-refractivity contribution in [2.75, 3.05) is 31.6 Å². The number of anilines is 1. The Hall–Kier alpha value is -1.07. The maximum atomic E-state index is 10.9. The van der Waals surface area contributed by atoms with Crippen molar-refractivity contribution in [3.8, 4) is 0 Å². The van der Waals surface area contributed by atoms with E-state index < -0.39 is 5.97 Å². The van der Waals surface area contributed by atoms with Crippen LogP contribution in [0.2, 0.25) is 0 Å². The summed E-state index contributed by atoms with van der Waals surface area (Å²) >= 11 is 1.36. The first-order chi connectivity index (χ1) is 8.61. The number of rotatable bonds is 4. The number of piperidine rings is 1. The van der Waals surface area contributed by atoms with E-state index in [1.54, 1.807) is 6.07 Å². The second-order valence-electron chi connectivity index (χ2n) is 4.72. The first-order valence-electron chi connectivity index (χ1n) is 6.40. The van der Waals surface area contributed by atoms with Crippen molar-refractivity contribution in [1.29, 1.82) is 0 Å². The Bertz CT molecular complexity index is 411. The number of nitrogens with zero attached hydrogens (tertiary/aromatic N) is 2. The molecule has 0 unspecified atom stereocenters. The van der Waals surface area contributed by atoms with E-state index in [-0.39, 0.29) is 0 Å². The highest BCUT2D eigenvalue weighted by molar-refractivity contribution is 7.17. The molecule has 0 amide bonds. The molecule has 1 saturated heterocycles. The highest BCUT2D eigenvalue weighted by Gasteiger charge is 2.23. The molecule has 0 radical (unpaired) electrons. The summed E-state index contributed by atoms with van der Waals surface area (Å²) < 4.78 is 0. The molecule has 0 aliphatic carbocycles. The first kappa shape index (κ1) is 13.4. The van der Waals surface area contributed by atoms with Crippen LogP contribution in [0.3, 0.4) is 0 Å². The van der Waals surface area contributed by atoms with Gasteiger partial charge in [-0.3, -0.25) is 0 Å². The van der Waals surface area contributed by atoms with Gasteiger partial charge in [0, 0.05) is 26.2 Å². The zero-order valence-electron chi connectivity index (χ0n) is 10.9. The second-order valence-corrected chi connectivity index (χ2v) is 5.78. The van der Waals surface area contributed by atoms with Gasteiger partial charge in [0.2, 0.25) is 0 Å². The summed E-state index contributed by atoms with van der Waals surface area (Å²) in [6, 6.07) is 4.15. The van der Waals surface area contributed by atoms with Gasteiger partial charge in [-0.2, -0.15) is 0 Å². The Kier molecular flexibility index (Phi) is 4.24. The molecule has 0 bridgehead atoms. The van der Waals surface area contributed by atoms with E-state index in [1.165, 1.54) is 11.3 Å². The van der Waals surface area contributed by atoms with Crippen molar-refractivity contribution < 1.29 is 9.90 Å². The molecule has 4 nitrogen and oxygen atoms in total. The van der Waals surface area contributed by atoms with Crippen LogP contribution < -0.4 is 4.90 Å². The molecular formula is C13H20N2O2S. The first-order valence-corrected chi connectivity index (χ1v) is 7.21. The molecule has 1 aliphatic heterocycles. The Labute approximate surface area is 112 Å². The fourth-order valence-electron chi connectivity index (χ4n) is 2.43. The molecule has 5 heteroatoms. The Morgan fingerprint density at radius 3 is 2.67 bits per heavy atom. The summed E-state index contributed by atoms with van der Waals surface area (Å²) in [4.78, 5) is 16.0. The molecule has 1 aromatic heterocycles. The molecule has 1 aromatic rings. The smallest absolute Gasteiger partial charge is 0.345 e. The summed E-state index contributed by atoms with van der Waals surface area (Å²) in [7, 11) is 2.07. The van der Waals surface area contributed by atoms with Gasteiger partial charge in [-0.15, -0.1) is 11.3 Å². The Balaban J connectivity index is 1.98. The molecule has 100 valence electrons. The van der Waals surface area contributed by atoms with Crippen LogP contribution in [0.1, 0.15) is 29.4 Å². The number of likely N-dealkylation sites (tertiary alicyclic amines) is 1. The zero-order chi connectivity index (χ0) is 13.1. The highest BCUT2D eigenvalue weighted by Crippen LogP contribution is 2.29. The van der Waals surface area contributed by atoms with Crippen LogP contribution in [-0.4, -0.2) is 48.7 Å². The summed E-state index contributed by atoms with van der Waals surface area (Å²) in [6.45, 7) is 5.60. The number of carbonyl (C=O) groups is 1. The van der Waals surface area contributed by atoms with Gasteiger partial charge in [-0.05, 0) is 31.5 Å². The fourth-order valence-corrected chi connectivity index (χ4v) is 3.31. The lowest BCUT2D eigenvalue weighted by atomic mass is 10.0. The number of hydrogen-bond donors (Lipinski definition) is 1. The lowest BCUT2D eigenvalue weighted by Crippen LogP contribution is -2.43. The van der Waals surface area contributed by atoms with E-state index in [0.29, 0.717) is 10.9 Å². The van der Waals surface area contributed by atoms with Crippen molar-refractivity contribution in [3.63, 3.8) is 0 Å². The Morgan fingerprint density at radius 2 is 2.17 bits per heavy atom. The van der Waals surface area contributed by atoms with Crippen molar-refractivity contribution in [2.24, 2.45) is 0 Å². The van der Waals surface area contributed by atoms with Gasteiger partial charge in [0.15, 0.2) is 0 Å². The van der Waals surface area contributed by atoms with Crippen LogP contribution in [0, 0.1) is 0 Å². The molecule has 0 atom stereocenters. The number of carboxylic acid groups (broad SMARTS) is 1. The fraction of sp³-hybridized carbons (Fsp3) is 0.615. The standard InChI is InChI=1S/C13H20N2O2S/c1-3-15-8-6-10(7-9-15)14(2)12-5-4-11(18-12)13(16)17/h4-5,10H,3,6-9H2,1-2H3,(H,16,17). The normalized spacial score (nSPS) is 17.9. The molecule has 2 heterocycles. The average Bonchev–Trinajstić information content (AvgIpc) is 2.88. The van der Waals surface area contributed by atoms with E-state index in [2.05, 4.69) is 23.8 Å². The SMILES string of the molecule is CCN1CCC(N(C)c2ccc(C(=O)O)s2)CC1. The second kappa shape index (κ2) is 5.71. The zero-order valence-corrected chi connectivity index (χ0v) is 11.7. The minimum Gasteiger partial charge on any atom is -0.477 e. The third kappa shape index (κ3) is 2.84. The van der Waals surface area contributed by atoms with Crippen molar-refractivity contribution in [2.45, 2.75) is 25.8 Å². The minimum absolute atomic E-state index is 0.419. The van der Waals surface area contributed by atoms with E-state index in [4.69, 9.17) is 5.11 Å². The largest absolute Gasteiger partial charge is 0.477 e. The van der Waals surface area contributed by atoms with E-state index in [9.17, 15) is 4.79 Å². The average molecular weight is 268 g/mol. The lowest BCUT2D eigenvalue weighted by Gasteiger charge is -2.36. The quantitative estimate of drug-likeness (QED) is 0.910. The molecular weight excluding hydrogens is 248 g/mol. The van der Waals surface area contributed by atoms with Crippen LogP contribution in [0.5, 0.6) is 0 Å². The predicted molar refractivity (Wildman–Crippen MR) is 74.8 cm³/mol. The molecule has 1 aliphatic rings. The monoisotopic (exact) mass is 268 g/mol. The number of hydrogen-bond acceptors (Lipinski definition) is 4. The summed E-state index contributed by atoms with van der Waals surface area (Å²) in [5.74, 6) is -0.833. The number of carboxylic acids is 1. The number of thiophene rings is 1. The van der Waals surface area contributed by atoms with Gasteiger partial charge in [-0.25, -0.2) is 4.79 Å². The maximum absolute atomic E-state index is 10.9. The number of aromatic carboxylic acids is 1. The molecule has 1 N–H and O–H groups in total. The van der Waals surface area contributed by atoms with Crippen LogP contribution in [0.4, 0.5) is 5.00 Å². The van der Waals surface area contributed by atoms with Gasteiger partial charge in [-0.1, -0.05) is 6.92 Å². The summed E-state index contributed by atoms with van der Waals surface area (Å²) in [5.41, 5.74) is 0. The maximum Gasteiger partial charge on any atom is 0.345 e. The van der Waals surface area contributed by atoms with Crippen molar-refractivity contribution >= 4 is 22.3 Å². The molecule has 1 fully saturated rings. The minimum atomic E-state index is -0.833. The van der Waals surface area contributed by atoms with Crippen LogP contribution >= 0.6 is 11.3 Å². The van der Waals surface area contributed by atoms with E-state index in [0.717, 1.165) is 37.5 Å². The van der Waals surface area contributed by atoms with Crippen molar-refractivity contribution in [3.05, 3.63) is 17.0 Å². The summed E-state index contributed by atoms with van der Waals surface area (Å²) in [6.07, 6.45) is 2.31.